The number of hydrogen-bond acceptors (Lipinski definition) is 6. The fraction of sp³-hybridized carbons (Fsp3) is 0.300. The summed E-state index contributed by atoms with van der Waals surface area (Å²) in [5.41, 5.74) is 1.84. The molecule has 3 aromatic rings. The van der Waals surface area contributed by atoms with Crippen LogP contribution in [-0.4, -0.2) is 37.4 Å². The number of aliphatic hydroxyl groups excluding tert-OH is 1. The molecule has 1 aromatic carbocycles. The van der Waals surface area contributed by atoms with E-state index >= 15 is 0 Å². The van der Waals surface area contributed by atoms with Crippen LogP contribution in [0.15, 0.2) is 30.0 Å². The lowest BCUT2D eigenvalue weighted by Crippen LogP contribution is -2.11. The summed E-state index contributed by atoms with van der Waals surface area (Å²) in [4.78, 5) is 19.7. The van der Waals surface area contributed by atoms with E-state index in [0.717, 1.165) is 5.52 Å². The minimum atomic E-state index is -0.726. The number of allylic oxidation sites excluding steroid dienone is 1. The highest BCUT2D eigenvalue weighted by atomic mass is 35.5. The van der Waals surface area contributed by atoms with Gasteiger partial charge >= 0.3 is 5.97 Å². The number of ether oxygens (including phenoxy) is 1. The monoisotopic (exact) mass is 413 g/mol. The van der Waals surface area contributed by atoms with Crippen molar-refractivity contribution < 1.29 is 14.6 Å². The van der Waals surface area contributed by atoms with E-state index in [4.69, 9.17) is 16.3 Å². The van der Waals surface area contributed by atoms with Gasteiger partial charge in [-0.05, 0) is 25.0 Å². The molecule has 0 radical (unpaired) electrons. The van der Waals surface area contributed by atoms with Crippen LogP contribution < -0.4 is 0 Å². The van der Waals surface area contributed by atoms with Crippen LogP contribution in [0, 0.1) is 24.2 Å². The molecule has 0 spiro atoms. The number of carbonyl (C=O) groups is 1. The first-order valence-corrected chi connectivity index (χ1v) is 9.37. The Labute approximate surface area is 172 Å². The Morgan fingerprint density at radius 1 is 1.41 bits per heavy atom. The molecule has 0 amide bonds. The molecule has 9 heteroatoms. The molecule has 0 fully saturated rings. The van der Waals surface area contributed by atoms with Crippen molar-refractivity contribution in [1.82, 2.24) is 19.7 Å². The Bertz CT molecular complexity index is 1100. The smallest absolute Gasteiger partial charge is 0.343 e. The number of rotatable bonds is 6. The van der Waals surface area contributed by atoms with Gasteiger partial charge in [0, 0.05) is 6.54 Å². The van der Waals surface area contributed by atoms with Gasteiger partial charge in [0.1, 0.15) is 29.0 Å². The van der Waals surface area contributed by atoms with E-state index in [0.29, 0.717) is 23.7 Å². The Morgan fingerprint density at radius 3 is 2.79 bits per heavy atom. The first-order valence-electron chi connectivity index (χ1n) is 8.99. The molecule has 0 saturated carbocycles. The van der Waals surface area contributed by atoms with Crippen LogP contribution >= 0.6 is 11.6 Å². The number of esters is 1. The molecule has 8 nitrogen and oxygen atoms in total. The molecule has 0 aliphatic carbocycles. The van der Waals surface area contributed by atoms with E-state index in [-0.39, 0.29) is 22.1 Å². The first-order chi connectivity index (χ1) is 13.8. The van der Waals surface area contributed by atoms with Crippen molar-refractivity contribution in [2.75, 3.05) is 6.61 Å². The molecule has 2 heterocycles. The number of nitriles is 1. The maximum absolute atomic E-state index is 12.5. The second-order valence-electron chi connectivity index (χ2n) is 6.94. The molecule has 0 unspecified atom stereocenters. The van der Waals surface area contributed by atoms with Gasteiger partial charge in [-0.1, -0.05) is 37.6 Å². The predicted molar refractivity (Wildman–Crippen MR) is 108 cm³/mol. The highest BCUT2D eigenvalue weighted by Gasteiger charge is 2.23. The van der Waals surface area contributed by atoms with Crippen LogP contribution in [0.3, 0.4) is 0 Å². The molecule has 29 heavy (non-hydrogen) atoms. The Kier molecular flexibility index (Phi) is 5.89. The molecular weight excluding hydrogens is 394 g/mol. The lowest BCUT2D eigenvalue weighted by Gasteiger charge is -2.07. The highest BCUT2D eigenvalue weighted by Crippen LogP contribution is 2.23. The molecule has 0 aliphatic heterocycles. The molecule has 150 valence electrons. The zero-order valence-electron chi connectivity index (χ0n) is 16.2. The number of benzene rings is 1. The van der Waals surface area contributed by atoms with Gasteiger partial charge in [0.15, 0.2) is 11.6 Å². The van der Waals surface area contributed by atoms with E-state index in [1.165, 1.54) is 0 Å². The summed E-state index contributed by atoms with van der Waals surface area (Å²) in [6.07, 6.45) is 0. The second-order valence-corrected chi connectivity index (χ2v) is 7.30. The summed E-state index contributed by atoms with van der Waals surface area (Å²) in [6.45, 7) is 5.74. The van der Waals surface area contributed by atoms with Gasteiger partial charge in [-0.25, -0.2) is 9.78 Å². The van der Waals surface area contributed by atoms with Crippen LogP contribution in [0.5, 0.6) is 0 Å². The summed E-state index contributed by atoms with van der Waals surface area (Å²) in [7, 11) is 0. The van der Waals surface area contributed by atoms with Crippen LogP contribution in [0.2, 0.25) is 5.15 Å². The van der Waals surface area contributed by atoms with Gasteiger partial charge < -0.3 is 14.8 Å². The number of para-hydroxylation sites is 2. The third-order valence-electron chi connectivity index (χ3n) is 4.17. The third kappa shape index (κ3) is 4.25. The minimum Gasteiger partial charge on any atom is -0.507 e. The number of nitrogens with zero attached hydrogens (tertiary/aromatic N) is 4. The number of halogens is 1. The minimum absolute atomic E-state index is 0.104. The maximum Gasteiger partial charge on any atom is 0.343 e. The summed E-state index contributed by atoms with van der Waals surface area (Å²) < 4.78 is 6.72. The van der Waals surface area contributed by atoms with Crippen LogP contribution in [-0.2, 0) is 11.3 Å². The number of H-pyrrole nitrogens is 1. The van der Waals surface area contributed by atoms with E-state index in [1.807, 2.05) is 32.0 Å². The topological polar surface area (TPSA) is 117 Å². The van der Waals surface area contributed by atoms with Crippen LogP contribution in [0.1, 0.15) is 35.7 Å². The number of hydrogen-bond donors (Lipinski definition) is 2. The quantitative estimate of drug-likeness (QED) is 0.358. The number of aryl methyl sites for hydroxylation is 1. The number of fused-ring (bicyclic) bond motifs is 1. The second kappa shape index (κ2) is 8.37. The average molecular weight is 414 g/mol. The van der Waals surface area contributed by atoms with Crippen molar-refractivity contribution in [2.45, 2.75) is 27.3 Å². The standard InChI is InChI=1S/C20H20ClN5O3/c1-11(2)9-26-18(21)17(12(3)25-26)20(28)29-10-16(27)13(8-22)19-23-14-6-4-5-7-15(14)24-19/h4-7,11,27H,9-10H2,1-3H3,(H,23,24)/b16-13-. The molecule has 0 atom stereocenters. The predicted octanol–water partition coefficient (Wildman–Crippen LogP) is 4.03. The number of aromatic nitrogens is 4. The van der Waals surface area contributed by atoms with Gasteiger partial charge in [-0.3, -0.25) is 4.68 Å². The Hall–Kier alpha value is -3.31. The lowest BCUT2D eigenvalue weighted by molar-refractivity contribution is 0.0502. The molecular formula is C20H20ClN5O3. The molecule has 0 bridgehead atoms. The summed E-state index contributed by atoms with van der Waals surface area (Å²) in [5, 5.41) is 24.2. The van der Waals surface area contributed by atoms with Crippen LogP contribution in [0.4, 0.5) is 0 Å². The van der Waals surface area contributed by atoms with E-state index in [2.05, 4.69) is 15.1 Å². The molecule has 2 N–H and O–H groups in total. The van der Waals surface area contributed by atoms with Gasteiger partial charge in [-0.2, -0.15) is 10.4 Å². The normalized spacial score (nSPS) is 12.1. The van der Waals surface area contributed by atoms with Gasteiger partial charge in [0.05, 0.1) is 16.7 Å². The fourth-order valence-electron chi connectivity index (χ4n) is 2.86. The number of carbonyl (C=O) groups excluding carboxylic acids is 1. The van der Waals surface area contributed by atoms with Crippen molar-refractivity contribution in [1.29, 1.82) is 5.26 Å². The number of nitrogens with one attached hydrogen (secondary N) is 1. The Balaban J connectivity index is 1.80. The molecule has 3 rings (SSSR count). The first kappa shape index (κ1) is 20.4. The van der Waals surface area contributed by atoms with E-state index < -0.39 is 18.3 Å². The van der Waals surface area contributed by atoms with Crippen molar-refractivity contribution >= 4 is 34.2 Å². The van der Waals surface area contributed by atoms with Gasteiger partial charge in [-0.15, -0.1) is 0 Å². The summed E-state index contributed by atoms with van der Waals surface area (Å²) in [5.74, 6) is -0.648. The molecule has 0 saturated heterocycles. The van der Waals surface area contributed by atoms with E-state index in [1.54, 1.807) is 23.7 Å². The lowest BCUT2D eigenvalue weighted by atomic mass is 10.2. The SMILES string of the molecule is Cc1nn(CC(C)C)c(Cl)c1C(=O)OC/C(O)=C(\C#N)c1nc2ccccc2[nH]1. The summed E-state index contributed by atoms with van der Waals surface area (Å²) >= 11 is 6.27. The fourth-order valence-corrected chi connectivity index (χ4v) is 3.18. The van der Waals surface area contributed by atoms with E-state index in [9.17, 15) is 15.2 Å². The highest BCUT2D eigenvalue weighted by molar-refractivity contribution is 6.32. The zero-order chi connectivity index (χ0) is 21.1. The Morgan fingerprint density at radius 2 is 2.14 bits per heavy atom. The van der Waals surface area contributed by atoms with Gasteiger partial charge in [0.25, 0.3) is 0 Å². The molecule has 2 aromatic heterocycles. The largest absolute Gasteiger partial charge is 0.507 e. The molecule has 0 aliphatic rings. The van der Waals surface area contributed by atoms with Crippen molar-refractivity contribution in [3.05, 3.63) is 52.3 Å². The summed E-state index contributed by atoms with van der Waals surface area (Å²) in [6, 6.07) is 9.12. The van der Waals surface area contributed by atoms with Crippen LogP contribution in [0.25, 0.3) is 16.6 Å². The van der Waals surface area contributed by atoms with Gasteiger partial charge in [0.2, 0.25) is 0 Å². The maximum atomic E-state index is 12.5. The zero-order valence-corrected chi connectivity index (χ0v) is 17.0. The van der Waals surface area contributed by atoms with Crippen molar-refractivity contribution in [2.24, 2.45) is 5.92 Å². The van der Waals surface area contributed by atoms with Crippen molar-refractivity contribution in [3.63, 3.8) is 0 Å². The number of aliphatic hydroxyl groups is 1. The number of aromatic amines is 1. The number of imidazole rings is 1. The third-order valence-corrected chi connectivity index (χ3v) is 4.56. The van der Waals surface area contributed by atoms with Crippen molar-refractivity contribution in [3.8, 4) is 6.07 Å². The average Bonchev–Trinajstić information content (AvgIpc) is 3.20.